The number of carbonyl (C=O) groups excluding carboxylic acids is 1. The van der Waals surface area contributed by atoms with Crippen LogP contribution >= 0.6 is 11.8 Å². The van der Waals surface area contributed by atoms with Crippen molar-refractivity contribution in [1.29, 1.82) is 0 Å². The molecule has 3 aromatic carbocycles. The van der Waals surface area contributed by atoms with Crippen molar-refractivity contribution in [2.24, 2.45) is 0 Å². The van der Waals surface area contributed by atoms with E-state index in [1.54, 1.807) is 18.2 Å². The minimum Gasteiger partial charge on any atom is -0.325 e. The van der Waals surface area contributed by atoms with E-state index in [9.17, 15) is 14.0 Å². The zero-order valence-electron chi connectivity index (χ0n) is 16.1. The monoisotopic (exact) mass is 419 g/mol. The minimum absolute atomic E-state index is 0.0496. The maximum atomic E-state index is 13.2. The number of hydrogen-bond donors (Lipinski definition) is 1. The van der Waals surface area contributed by atoms with Gasteiger partial charge in [-0.15, -0.1) is 0 Å². The van der Waals surface area contributed by atoms with Gasteiger partial charge in [-0.05, 0) is 55.5 Å². The van der Waals surface area contributed by atoms with Crippen molar-refractivity contribution in [2.75, 3.05) is 11.1 Å². The van der Waals surface area contributed by atoms with Gasteiger partial charge in [-0.1, -0.05) is 41.6 Å². The van der Waals surface area contributed by atoms with E-state index in [2.05, 4.69) is 10.3 Å². The molecular weight excluding hydrogens is 401 g/mol. The van der Waals surface area contributed by atoms with Crippen LogP contribution in [0.15, 0.2) is 82.7 Å². The summed E-state index contributed by atoms with van der Waals surface area (Å²) in [7, 11) is 0. The number of thioether (sulfide) groups is 1. The molecule has 0 saturated carbocycles. The normalized spacial score (nSPS) is 10.9. The lowest BCUT2D eigenvalue weighted by atomic mass is 10.2. The van der Waals surface area contributed by atoms with Crippen LogP contribution in [0.2, 0.25) is 0 Å². The maximum Gasteiger partial charge on any atom is 0.266 e. The van der Waals surface area contributed by atoms with Crippen molar-refractivity contribution >= 4 is 34.3 Å². The Kier molecular flexibility index (Phi) is 5.63. The quantitative estimate of drug-likeness (QED) is 0.380. The first-order valence-electron chi connectivity index (χ1n) is 9.28. The van der Waals surface area contributed by atoms with E-state index in [1.807, 2.05) is 37.3 Å². The molecule has 0 bridgehead atoms. The highest BCUT2D eigenvalue weighted by Crippen LogP contribution is 2.22. The van der Waals surface area contributed by atoms with Crippen LogP contribution in [0.25, 0.3) is 16.6 Å². The van der Waals surface area contributed by atoms with Crippen LogP contribution in [0.1, 0.15) is 5.56 Å². The number of nitrogens with one attached hydrogen (secondary N) is 1. The second kappa shape index (κ2) is 8.51. The van der Waals surface area contributed by atoms with E-state index in [4.69, 9.17) is 0 Å². The van der Waals surface area contributed by atoms with Gasteiger partial charge < -0.3 is 5.32 Å². The molecule has 4 rings (SSSR count). The van der Waals surface area contributed by atoms with E-state index in [1.165, 1.54) is 40.6 Å². The molecule has 0 aliphatic carbocycles. The van der Waals surface area contributed by atoms with Crippen LogP contribution in [-0.2, 0) is 4.79 Å². The Morgan fingerprint density at radius 1 is 1.03 bits per heavy atom. The van der Waals surface area contributed by atoms with Gasteiger partial charge in [0.25, 0.3) is 5.56 Å². The fraction of sp³-hybridized carbons (Fsp3) is 0.0870. The molecule has 0 fully saturated rings. The number of benzene rings is 3. The average molecular weight is 419 g/mol. The van der Waals surface area contributed by atoms with Crippen LogP contribution in [-0.4, -0.2) is 21.2 Å². The number of rotatable bonds is 5. The lowest BCUT2D eigenvalue weighted by Crippen LogP contribution is -2.23. The third kappa shape index (κ3) is 4.26. The molecule has 0 radical (unpaired) electrons. The van der Waals surface area contributed by atoms with Crippen LogP contribution in [0.3, 0.4) is 0 Å². The Balaban J connectivity index is 1.66. The molecule has 1 aromatic heterocycles. The Hall–Kier alpha value is -3.45. The second-order valence-corrected chi connectivity index (χ2v) is 7.67. The van der Waals surface area contributed by atoms with Gasteiger partial charge in [0, 0.05) is 5.69 Å². The van der Waals surface area contributed by atoms with Crippen molar-refractivity contribution < 1.29 is 9.18 Å². The van der Waals surface area contributed by atoms with Crippen molar-refractivity contribution in [3.63, 3.8) is 0 Å². The molecule has 0 unspecified atom stereocenters. The highest BCUT2D eigenvalue weighted by Gasteiger charge is 2.15. The summed E-state index contributed by atoms with van der Waals surface area (Å²) in [4.78, 5) is 30.2. The Morgan fingerprint density at radius 2 is 1.73 bits per heavy atom. The summed E-state index contributed by atoms with van der Waals surface area (Å²) in [6.07, 6.45) is 0. The second-order valence-electron chi connectivity index (χ2n) is 6.73. The van der Waals surface area contributed by atoms with E-state index in [0.29, 0.717) is 27.4 Å². The number of amides is 1. The SMILES string of the molecule is Cc1ccc(-n2c(SCC(=O)Nc3ccc(F)cc3)nc3ccccc3c2=O)cc1. The fourth-order valence-electron chi connectivity index (χ4n) is 2.99. The van der Waals surface area contributed by atoms with Crippen LogP contribution in [0.5, 0.6) is 0 Å². The molecule has 1 amide bonds. The summed E-state index contributed by atoms with van der Waals surface area (Å²) in [6.45, 7) is 1.97. The molecule has 0 saturated heterocycles. The summed E-state index contributed by atoms with van der Waals surface area (Å²) in [6, 6.07) is 20.2. The fourth-order valence-corrected chi connectivity index (χ4v) is 3.80. The molecule has 4 aromatic rings. The topological polar surface area (TPSA) is 64.0 Å². The van der Waals surface area contributed by atoms with E-state index in [0.717, 1.165) is 5.56 Å². The van der Waals surface area contributed by atoms with Gasteiger partial charge in [0.2, 0.25) is 5.91 Å². The number of nitrogens with zero attached hydrogens (tertiary/aromatic N) is 2. The molecule has 1 N–H and O–H groups in total. The molecule has 150 valence electrons. The first kappa shape index (κ1) is 19.8. The number of anilines is 1. The molecule has 0 aliphatic rings. The van der Waals surface area contributed by atoms with Gasteiger partial charge in [0.15, 0.2) is 5.16 Å². The average Bonchev–Trinajstić information content (AvgIpc) is 2.75. The molecule has 0 aliphatic heterocycles. The number of aryl methyl sites for hydroxylation is 1. The molecule has 30 heavy (non-hydrogen) atoms. The highest BCUT2D eigenvalue weighted by molar-refractivity contribution is 7.99. The largest absolute Gasteiger partial charge is 0.325 e. The molecule has 5 nitrogen and oxygen atoms in total. The van der Waals surface area contributed by atoms with Gasteiger partial charge in [-0.25, -0.2) is 9.37 Å². The van der Waals surface area contributed by atoms with Gasteiger partial charge in [-0.3, -0.25) is 14.2 Å². The summed E-state index contributed by atoms with van der Waals surface area (Å²) in [5, 5.41) is 3.66. The van der Waals surface area contributed by atoms with Gasteiger partial charge in [0.05, 0.1) is 22.3 Å². The number of fused-ring (bicyclic) bond motifs is 1. The number of hydrogen-bond acceptors (Lipinski definition) is 4. The first-order valence-corrected chi connectivity index (χ1v) is 10.3. The standard InChI is InChI=1S/C23H18FN3O2S/c1-15-6-12-18(13-7-15)27-22(29)19-4-2-3-5-20(19)26-23(27)30-14-21(28)25-17-10-8-16(24)9-11-17/h2-13H,14H2,1H3,(H,25,28). The summed E-state index contributed by atoms with van der Waals surface area (Å²) in [5.74, 6) is -0.595. The summed E-state index contributed by atoms with van der Waals surface area (Å²) >= 11 is 1.17. The van der Waals surface area contributed by atoms with E-state index >= 15 is 0 Å². The molecular formula is C23H18FN3O2S. The Labute approximate surface area is 176 Å². The molecule has 0 atom stereocenters. The van der Waals surface area contributed by atoms with Crippen molar-refractivity contribution in [3.05, 3.63) is 94.5 Å². The zero-order valence-corrected chi connectivity index (χ0v) is 16.9. The highest BCUT2D eigenvalue weighted by atomic mass is 32.2. The maximum absolute atomic E-state index is 13.2. The van der Waals surface area contributed by atoms with Crippen molar-refractivity contribution in [3.8, 4) is 5.69 Å². The minimum atomic E-state index is -0.371. The van der Waals surface area contributed by atoms with E-state index < -0.39 is 0 Å². The van der Waals surface area contributed by atoms with Crippen molar-refractivity contribution in [2.45, 2.75) is 12.1 Å². The lowest BCUT2D eigenvalue weighted by Gasteiger charge is -2.13. The lowest BCUT2D eigenvalue weighted by molar-refractivity contribution is -0.113. The number of para-hydroxylation sites is 1. The van der Waals surface area contributed by atoms with Gasteiger partial charge in [-0.2, -0.15) is 0 Å². The zero-order chi connectivity index (χ0) is 21.1. The molecule has 7 heteroatoms. The predicted molar refractivity (Wildman–Crippen MR) is 118 cm³/mol. The third-order valence-electron chi connectivity index (χ3n) is 4.50. The number of carbonyl (C=O) groups is 1. The van der Waals surface area contributed by atoms with Gasteiger partial charge in [0.1, 0.15) is 5.82 Å². The third-order valence-corrected chi connectivity index (χ3v) is 5.44. The predicted octanol–water partition coefficient (Wildman–Crippen LogP) is 4.56. The van der Waals surface area contributed by atoms with Gasteiger partial charge >= 0.3 is 0 Å². The number of halogens is 1. The smallest absolute Gasteiger partial charge is 0.266 e. The van der Waals surface area contributed by atoms with Crippen LogP contribution < -0.4 is 10.9 Å². The summed E-state index contributed by atoms with van der Waals surface area (Å²) < 4.78 is 14.6. The van der Waals surface area contributed by atoms with E-state index in [-0.39, 0.29) is 23.0 Å². The first-order chi connectivity index (χ1) is 14.5. The van der Waals surface area contributed by atoms with Crippen LogP contribution in [0.4, 0.5) is 10.1 Å². The molecule has 0 spiro atoms. The Bertz CT molecular complexity index is 1270. The van der Waals surface area contributed by atoms with Crippen LogP contribution in [0, 0.1) is 12.7 Å². The molecule has 1 heterocycles. The van der Waals surface area contributed by atoms with Crippen molar-refractivity contribution in [1.82, 2.24) is 9.55 Å². The number of aromatic nitrogens is 2. The summed E-state index contributed by atoms with van der Waals surface area (Å²) in [5.41, 5.74) is 2.65. The Morgan fingerprint density at radius 3 is 2.47 bits per heavy atom.